The number of nitrogens with zero attached hydrogens (tertiary/aromatic N) is 2. The molecule has 0 radical (unpaired) electrons. The van der Waals surface area contributed by atoms with Crippen LogP contribution in [0.5, 0.6) is 0 Å². The number of amides is 1. The van der Waals surface area contributed by atoms with Crippen LogP contribution in [0.1, 0.15) is 22.8 Å². The second kappa shape index (κ2) is 9.19. The third kappa shape index (κ3) is 4.38. The Bertz CT molecular complexity index is 1150. The van der Waals surface area contributed by atoms with E-state index >= 15 is 0 Å². The molecule has 0 bridgehead atoms. The summed E-state index contributed by atoms with van der Waals surface area (Å²) >= 11 is 6.16. The first-order valence-electron chi connectivity index (χ1n) is 10.3. The van der Waals surface area contributed by atoms with Gasteiger partial charge in [0, 0.05) is 25.3 Å². The molecule has 32 heavy (non-hydrogen) atoms. The molecule has 4 rings (SSSR count). The predicted octanol–water partition coefficient (Wildman–Crippen LogP) is 2.50. The summed E-state index contributed by atoms with van der Waals surface area (Å²) in [5, 5.41) is 0.0436. The highest BCUT2D eigenvalue weighted by molar-refractivity contribution is 7.89. The number of carbonyl (C=O) groups is 2. The number of esters is 1. The first kappa shape index (κ1) is 22.7. The molecule has 0 unspecified atom stereocenters. The van der Waals surface area contributed by atoms with Crippen LogP contribution in [0.2, 0.25) is 5.02 Å². The monoisotopic (exact) mass is 478 g/mol. The highest BCUT2D eigenvalue weighted by Crippen LogP contribution is 2.29. The minimum Gasteiger partial charge on any atom is -0.449 e. The molecule has 1 saturated heterocycles. The molecule has 0 saturated carbocycles. The number of ether oxygens (including phenoxy) is 2. The van der Waals surface area contributed by atoms with E-state index in [1.54, 1.807) is 4.90 Å². The average molecular weight is 479 g/mol. The van der Waals surface area contributed by atoms with Crippen LogP contribution < -0.4 is 4.90 Å². The molecule has 2 aliphatic heterocycles. The van der Waals surface area contributed by atoms with E-state index in [4.69, 9.17) is 21.1 Å². The van der Waals surface area contributed by atoms with Crippen molar-refractivity contribution in [3.63, 3.8) is 0 Å². The highest BCUT2D eigenvalue weighted by atomic mass is 35.5. The summed E-state index contributed by atoms with van der Waals surface area (Å²) in [7, 11) is -3.81. The summed E-state index contributed by atoms with van der Waals surface area (Å²) in [6.07, 6.45) is -0.334. The minimum atomic E-state index is -3.81. The molecule has 1 fully saturated rings. The van der Waals surface area contributed by atoms with Gasteiger partial charge in [0.1, 0.15) is 0 Å². The summed E-state index contributed by atoms with van der Waals surface area (Å²) in [6, 6.07) is 11.5. The van der Waals surface area contributed by atoms with E-state index in [1.807, 2.05) is 24.3 Å². The molecule has 0 aromatic heterocycles. The molecule has 0 N–H and O–H groups in total. The van der Waals surface area contributed by atoms with E-state index in [-0.39, 0.29) is 34.5 Å². The molecule has 2 aromatic rings. The molecule has 2 heterocycles. The number of rotatable bonds is 5. The molecule has 1 atom stereocenters. The second-order valence-corrected chi connectivity index (χ2v) is 9.92. The number of hydrogen-bond donors (Lipinski definition) is 0. The maximum atomic E-state index is 12.9. The zero-order valence-corrected chi connectivity index (χ0v) is 19.1. The number of para-hydroxylation sites is 1. The highest BCUT2D eigenvalue weighted by Gasteiger charge is 2.31. The maximum Gasteiger partial charge on any atom is 0.340 e. The van der Waals surface area contributed by atoms with Gasteiger partial charge in [-0.25, -0.2) is 13.2 Å². The van der Waals surface area contributed by atoms with Gasteiger partial charge in [-0.2, -0.15) is 4.31 Å². The topological polar surface area (TPSA) is 93.2 Å². The van der Waals surface area contributed by atoms with Gasteiger partial charge >= 0.3 is 5.97 Å². The lowest BCUT2D eigenvalue weighted by atomic mass is 10.2. The van der Waals surface area contributed by atoms with Crippen LogP contribution in [0, 0.1) is 0 Å². The normalized spacial score (nSPS) is 17.6. The molecule has 0 spiro atoms. The number of fused-ring (bicyclic) bond motifs is 1. The third-order valence-corrected chi connectivity index (χ3v) is 7.77. The van der Waals surface area contributed by atoms with Gasteiger partial charge in [0.25, 0.3) is 5.91 Å². The van der Waals surface area contributed by atoms with Crippen molar-refractivity contribution in [2.75, 3.05) is 37.7 Å². The fourth-order valence-corrected chi connectivity index (χ4v) is 5.45. The van der Waals surface area contributed by atoms with Crippen LogP contribution in [0.3, 0.4) is 0 Å². The van der Waals surface area contributed by atoms with E-state index in [0.717, 1.165) is 17.7 Å². The van der Waals surface area contributed by atoms with Crippen LogP contribution in [-0.4, -0.2) is 63.6 Å². The van der Waals surface area contributed by atoms with Gasteiger partial charge < -0.3 is 14.4 Å². The van der Waals surface area contributed by atoms with E-state index < -0.39 is 22.1 Å². The molecular formula is C22H23ClN2O6S. The Morgan fingerprint density at radius 3 is 2.56 bits per heavy atom. The zero-order chi connectivity index (χ0) is 22.9. The molecule has 2 aromatic carbocycles. The van der Waals surface area contributed by atoms with Gasteiger partial charge in [-0.05, 0) is 43.2 Å². The van der Waals surface area contributed by atoms with Gasteiger partial charge in [0.2, 0.25) is 10.0 Å². The molecule has 2 aliphatic rings. The standard InChI is InChI=1S/C22H23ClN2O6S/c1-15(21(26)25-9-8-16-4-2-3-5-20(16)25)31-22(27)18-14-17(6-7-19(18)23)32(28,29)24-10-12-30-13-11-24/h2-7,14-15H,8-13H2,1H3/t15-/m1/s1. The lowest BCUT2D eigenvalue weighted by Gasteiger charge is -2.26. The number of benzene rings is 2. The van der Waals surface area contributed by atoms with Gasteiger partial charge in [0.05, 0.1) is 28.7 Å². The van der Waals surface area contributed by atoms with Crippen molar-refractivity contribution in [2.24, 2.45) is 0 Å². The van der Waals surface area contributed by atoms with Crippen molar-refractivity contribution >= 4 is 39.2 Å². The fourth-order valence-electron chi connectivity index (χ4n) is 3.82. The van der Waals surface area contributed by atoms with Gasteiger partial charge in [-0.1, -0.05) is 29.8 Å². The Kier molecular flexibility index (Phi) is 6.52. The fraction of sp³-hybridized carbons (Fsp3) is 0.364. The van der Waals surface area contributed by atoms with Gasteiger partial charge in [-0.3, -0.25) is 4.79 Å². The SMILES string of the molecule is C[C@@H](OC(=O)c1cc(S(=O)(=O)N2CCOCC2)ccc1Cl)C(=O)N1CCc2ccccc21. The molecule has 1 amide bonds. The van der Waals surface area contributed by atoms with Crippen LogP contribution in [0.25, 0.3) is 0 Å². The first-order chi connectivity index (χ1) is 15.3. The maximum absolute atomic E-state index is 12.9. The number of morpholine rings is 1. The number of anilines is 1. The molecule has 8 nitrogen and oxygen atoms in total. The zero-order valence-electron chi connectivity index (χ0n) is 17.5. The summed E-state index contributed by atoms with van der Waals surface area (Å²) < 4.78 is 37.7. The summed E-state index contributed by atoms with van der Waals surface area (Å²) in [5.74, 6) is -1.21. The van der Waals surface area contributed by atoms with Crippen molar-refractivity contribution in [1.82, 2.24) is 4.31 Å². The third-order valence-electron chi connectivity index (χ3n) is 5.55. The lowest BCUT2D eigenvalue weighted by molar-refractivity contribution is -0.126. The van der Waals surface area contributed by atoms with E-state index in [1.165, 1.54) is 29.4 Å². The Hall–Kier alpha value is -2.46. The smallest absolute Gasteiger partial charge is 0.340 e. The summed E-state index contributed by atoms with van der Waals surface area (Å²) in [4.78, 5) is 27.2. The van der Waals surface area contributed by atoms with Crippen LogP contribution >= 0.6 is 11.6 Å². The Morgan fingerprint density at radius 1 is 1.09 bits per heavy atom. The van der Waals surface area contributed by atoms with Gasteiger partial charge in [-0.15, -0.1) is 0 Å². The van der Waals surface area contributed by atoms with Crippen molar-refractivity contribution in [3.8, 4) is 0 Å². The Balaban J connectivity index is 1.51. The summed E-state index contributed by atoms with van der Waals surface area (Å²) in [5.41, 5.74) is 1.75. The average Bonchev–Trinajstić information content (AvgIpc) is 3.23. The number of halogens is 1. The molecule has 10 heteroatoms. The van der Waals surface area contributed by atoms with Gasteiger partial charge in [0.15, 0.2) is 6.10 Å². The first-order valence-corrected chi connectivity index (χ1v) is 12.1. The van der Waals surface area contributed by atoms with E-state index in [9.17, 15) is 18.0 Å². The predicted molar refractivity (Wildman–Crippen MR) is 118 cm³/mol. The summed E-state index contributed by atoms with van der Waals surface area (Å²) in [6.45, 7) is 3.07. The van der Waals surface area contributed by atoms with Crippen molar-refractivity contribution in [3.05, 3.63) is 58.6 Å². The number of sulfonamides is 1. The van der Waals surface area contributed by atoms with Crippen LogP contribution in [-0.2, 0) is 30.7 Å². The lowest BCUT2D eigenvalue weighted by Crippen LogP contribution is -2.40. The Morgan fingerprint density at radius 2 is 1.81 bits per heavy atom. The number of hydrogen-bond acceptors (Lipinski definition) is 6. The Labute approximate surface area is 191 Å². The molecule has 170 valence electrons. The van der Waals surface area contributed by atoms with E-state index in [2.05, 4.69) is 0 Å². The molecular weight excluding hydrogens is 456 g/mol. The minimum absolute atomic E-state index is 0.0436. The molecule has 0 aliphatic carbocycles. The quantitative estimate of drug-likeness (QED) is 0.613. The second-order valence-electron chi connectivity index (χ2n) is 7.57. The largest absolute Gasteiger partial charge is 0.449 e. The van der Waals surface area contributed by atoms with Crippen LogP contribution in [0.4, 0.5) is 5.69 Å². The van der Waals surface area contributed by atoms with E-state index in [0.29, 0.717) is 19.8 Å². The van der Waals surface area contributed by atoms with Crippen molar-refractivity contribution in [2.45, 2.75) is 24.3 Å². The van der Waals surface area contributed by atoms with Crippen molar-refractivity contribution < 1.29 is 27.5 Å². The van der Waals surface area contributed by atoms with Crippen LogP contribution in [0.15, 0.2) is 47.4 Å². The van der Waals surface area contributed by atoms with Crippen molar-refractivity contribution in [1.29, 1.82) is 0 Å². The number of carbonyl (C=O) groups excluding carboxylic acids is 2.